The summed E-state index contributed by atoms with van der Waals surface area (Å²) >= 11 is 0. The normalized spacial score (nSPS) is 10.5. The molecule has 0 aliphatic heterocycles. The molecule has 0 spiro atoms. The van der Waals surface area contributed by atoms with Gasteiger partial charge in [-0.05, 0) is 62.6 Å². The van der Waals surface area contributed by atoms with E-state index >= 15 is 0 Å². The minimum absolute atomic E-state index is 0.165. The van der Waals surface area contributed by atoms with Gasteiger partial charge in [0.15, 0.2) is 5.78 Å². The largest absolute Gasteiger partial charge is 0.367 e. The van der Waals surface area contributed by atoms with E-state index in [0.717, 1.165) is 22.4 Å². The van der Waals surface area contributed by atoms with Crippen LogP contribution in [0.25, 0.3) is 0 Å². The van der Waals surface area contributed by atoms with Crippen LogP contribution in [0.1, 0.15) is 32.6 Å². The van der Waals surface area contributed by atoms with E-state index in [9.17, 15) is 4.79 Å². The topological polar surface area (TPSA) is 20.3 Å². The molecular weight excluding hydrogens is 258 g/mol. The van der Waals surface area contributed by atoms with Crippen LogP contribution in [0, 0.1) is 27.7 Å². The number of aryl methyl sites for hydroxylation is 4. The van der Waals surface area contributed by atoms with E-state index in [1.165, 1.54) is 11.1 Å². The molecule has 2 aromatic carbocycles. The van der Waals surface area contributed by atoms with Crippen molar-refractivity contribution >= 4 is 11.5 Å². The molecule has 2 heteroatoms. The molecule has 0 aromatic heterocycles. The number of hydrogen-bond donors (Lipinski definition) is 0. The number of carbonyl (C=O) groups excluding carboxylic acids is 1. The summed E-state index contributed by atoms with van der Waals surface area (Å²) in [5, 5.41) is 0. The predicted molar refractivity (Wildman–Crippen MR) is 89.4 cm³/mol. The smallest absolute Gasteiger partial charge is 0.182 e. The fraction of sp³-hybridized carbons (Fsp3) is 0.316. The van der Waals surface area contributed by atoms with Gasteiger partial charge >= 0.3 is 0 Å². The molecule has 21 heavy (non-hydrogen) atoms. The van der Waals surface area contributed by atoms with E-state index in [-0.39, 0.29) is 5.78 Å². The maximum Gasteiger partial charge on any atom is 0.182 e. The average Bonchev–Trinajstić information content (AvgIpc) is 2.40. The summed E-state index contributed by atoms with van der Waals surface area (Å²) in [5.74, 6) is 0.165. The molecule has 0 heterocycles. The van der Waals surface area contributed by atoms with E-state index in [4.69, 9.17) is 0 Å². The van der Waals surface area contributed by atoms with E-state index < -0.39 is 0 Å². The number of rotatable bonds is 4. The lowest BCUT2D eigenvalue weighted by molar-refractivity contribution is 0.0999. The molecular formula is C19H23NO. The maximum atomic E-state index is 12.5. The van der Waals surface area contributed by atoms with Crippen LogP contribution in [0.5, 0.6) is 0 Å². The van der Waals surface area contributed by atoms with Gasteiger partial charge in [-0.1, -0.05) is 23.8 Å². The van der Waals surface area contributed by atoms with Crippen molar-refractivity contribution in [2.75, 3.05) is 18.5 Å². The van der Waals surface area contributed by atoms with Crippen LogP contribution >= 0.6 is 0 Å². The van der Waals surface area contributed by atoms with Crippen molar-refractivity contribution in [1.82, 2.24) is 0 Å². The summed E-state index contributed by atoms with van der Waals surface area (Å²) in [6.45, 7) is 8.56. The molecule has 0 atom stereocenters. The summed E-state index contributed by atoms with van der Waals surface area (Å²) in [4.78, 5) is 14.5. The van der Waals surface area contributed by atoms with Gasteiger partial charge in [-0.3, -0.25) is 4.79 Å². The number of ketones is 1. The zero-order valence-corrected chi connectivity index (χ0v) is 13.5. The van der Waals surface area contributed by atoms with E-state index in [0.29, 0.717) is 6.54 Å². The monoisotopic (exact) mass is 281 g/mol. The van der Waals surface area contributed by atoms with Gasteiger partial charge in [-0.25, -0.2) is 0 Å². The van der Waals surface area contributed by atoms with Gasteiger partial charge in [-0.2, -0.15) is 0 Å². The Hall–Kier alpha value is -2.09. The lowest BCUT2D eigenvalue weighted by atomic mass is 10.0. The molecule has 0 fully saturated rings. The van der Waals surface area contributed by atoms with Crippen LogP contribution in [0.2, 0.25) is 0 Å². The van der Waals surface area contributed by atoms with Crippen LogP contribution in [-0.4, -0.2) is 19.4 Å². The Labute approximate surface area is 127 Å². The van der Waals surface area contributed by atoms with Gasteiger partial charge in [0.1, 0.15) is 0 Å². The highest BCUT2D eigenvalue weighted by Gasteiger charge is 2.13. The zero-order chi connectivity index (χ0) is 15.6. The van der Waals surface area contributed by atoms with Crippen molar-refractivity contribution in [2.45, 2.75) is 27.7 Å². The lowest BCUT2D eigenvalue weighted by Crippen LogP contribution is -2.26. The molecule has 2 rings (SSSR count). The Morgan fingerprint density at radius 1 is 0.905 bits per heavy atom. The molecule has 0 saturated carbocycles. The van der Waals surface area contributed by atoms with E-state index in [1.807, 2.05) is 44.0 Å². The zero-order valence-electron chi connectivity index (χ0n) is 13.5. The third-order valence-corrected chi connectivity index (χ3v) is 3.72. The number of hydrogen-bond acceptors (Lipinski definition) is 2. The Morgan fingerprint density at radius 2 is 1.52 bits per heavy atom. The molecule has 2 nitrogen and oxygen atoms in total. The fourth-order valence-electron chi connectivity index (χ4n) is 2.60. The summed E-state index contributed by atoms with van der Waals surface area (Å²) < 4.78 is 0. The second-order valence-electron chi connectivity index (χ2n) is 5.94. The number of nitrogens with zero attached hydrogens (tertiary/aromatic N) is 1. The number of Topliss-reactive ketones (excluding diaryl/α,β-unsaturated/α-hetero) is 1. The van der Waals surface area contributed by atoms with Crippen LogP contribution < -0.4 is 4.90 Å². The van der Waals surface area contributed by atoms with Crippen molar-refractivity contribution in [3.8, 4) is 0 Å². The molecule has 0 unspecified atom stereocenters. The van der Waals surface area contributed by atoms with Crippen molar-refractivity contribution < 1.29 is 4.79 Å². The molecule has 2 aromatic rings. The van der Waals surface area contributed by atoms with Gasteiger partial charge in [0.25, 0.3) is 0 Å². The fourth-order valence-corrected chi connectivity index (χ4v) is 2.60. The summed E-state index contributed by atoms with van der Waals surface area (Å²) in [5.41, 5.74) is 6.52. The second kappa shape index (κ2) is 6.13. The van der Waals surface area contributed by atoms with Crippen molar-refractivity contribution in [2.24, 2.45) is 0 Å². The molecule has 0 saturated heterocycles. The van der Waals surface area contributed by atoms with Gasteiger partial charge in [0, 0.05) is 18.3 Å². The first-order valence-corrected chi connectivity index (χ1v) is 7.26. The Balaban J connectivity index is 2.20. The van der Waals surface area contributed by atoms with Crippen LogP contribution in [0.4, 0.5) is 5.69 Å². The summed E-state index contributed by atoms with van der Waals surface area (Å²) in [6, 6.07) is 12.4. The minimum Gasteiger partial charge on any atom is -0.367 e. The Kier molecular flexibility index (Phi) is 4.46. The highest BCUT2D eigenvalue weighted by atomic mass is 16.1. The van der Waals surface area contributed by atoms with E-state index in [1.54, 1.807) is 0 Å². The third-order valence-electron chi connectivity index (χ3n) is 3.72. The second-order valence-corrected chi connectivity index (χ2v) is 5.94. The average molecular weight is 281 g/mol. The molecule has 0 aliphatic rings. The summed E-state index contributed by atoms with van der Waals surface area (Å²) in [7, 11) is 1.97. The third kappa shape index (κ3) is 3.72. The number of anilines is 1. The van der Waals surface area contributed by atoms with Crippen molar-refractivity contribution in [3.63, 3.8) is 0 Å². The van der Waals surface area contributed by atoms with Gasteiger partial charge in [0.2, 0.25) is 0 Å². The minimum atomic E-state index is 0.165. The van der Waals surface area contributed by atoms with Crippen LogP contribution in [0.3, 0.4) is 0 Å². The van der Waals surface area contributed by atoms with Gasteiger partial charge < -0.3 is 4.90 Å². The van der Waals surface area contributed by atoms with Gasteiger partial charge in [0.05, 0.1) is 6.54 Å². The van der Waals surface area contributed by atoms with Crippen molar-refractivity contribution in [3.05, 3.63) is 64.2 Å². The quantitative estimate of drug-likeness (QED) is 0.781. The Morgan fingerprint density at radius 3 is 2.14 bits per heavy atom. The SMILES string of the molecule is Cc1cc(C)cc(N(C)CC(=O)c2cc(C)ccc2C)c1. The molecule has 0 N–H and O–H groups in total. The molecule has 0 bridgehead atoms. The van der Waals surface area contributed by atoms with Crippen molar-refractivity contribution in [1.29, 1.82) is 0 Å². The molecule has 110 valence electrons. The molecule has 0 aliphatic carbocycles. The first-order chi connectivity index (χ1) is 9.86. The molecule has 0 radical (unpaired) electrons. The van der Waals surface area contributed by atoms with Crippen LogP contribution in [0.15, 0.2) is 36.4 Å². The maximum absolute atomic E-state index is 12.5. The van der Waals surface area contributed by atoms with Crippen LogP contribution in [-0.2, 0) is 0 Å². The molecule has 0 amide bonds. The first-order valence-electron chi connectivity index (χ1n) is 7.26. The predicted octanol–water partition coefficient (Wildman–Crippen LogP) is 4.24. The number of benzene rings is 2. The Bertz CT molecular complexity index is 653. The van der Waals surface area contributed by atoms with E-state index in [2.05, 4.69) is 32.0 Å². The highest BCUT2D eigenvalue weighted by Crippen LogP contribution is 2.19. The first kappa shape index (κ1) is 15.3. The van der Waals surface area contributed by atoms with Gasteiger partial charge in [-0.15, -0.1) is 0 Å². The lowest BCUT2D eigenvalue weighted by Gasteiger charge is -2.20. The number of likely N-dealkylation sites (N-methyl/N-ethyl adjacent to an activating group) is 1. The highest BCUT2D eigenvalue weighted by molar-refractivity contribution is 6.00. The number of carbonyl (C=O) groups is 1. The summed E-state index contributed by atoms with van der Waals surface area (Å²) in [6.07, 6.45) is 0. The standard InChI is InChI=1S/C19H23NO/c1-13-6-7-16(4)18(11-13)19(21)12-20(5)17-9-14(2)8-15(3)10-17/h6-11H,12H2,1-5H3.